The van der Waals surface area contributed by atoms with E-state index >= 15 is 0 Å². The van der Waals surface area contributed by atoms with Crippen LogP contribution in [-0.4, -0.2) is 5.25 Å². The van der Waals surface area contributed by atoms with Crippen LogP contribution < -0.4 is 0 Å². The second-order valence-electron chi connectivity index (χ2n) is 4.73. The van der Waals surface area contributed by atoms with E-state index in [0.29, 0.717) is 0 Å². The van der Waals surface area contributed by atoms with Crippen LogP contribution in [0.1, 0.15) is 38.7 Å². The van der Waals surface area contributed by atoms with Crippen molar-refractivity contribution >= 4 is 11.8 Å². The molecular weight excluding hydrogens is 212 g/mol. The van der Waals surface area contributed by atoms with Crippen LogP contribution in [0.25, 0.3) is 0 Å². The van der Waals surface area contributed by atoms with Gasteiger partial charge in [0.25, 0.3) is 0 Å². The van der Waals surface area contributed by atoms with Crippen LogP contribution in [0, 0.1) is 0 Å². The monoisotopic (exact) mass is 232 g/mol. The van der Waals surface area contributed by atoms with Gasteiger partial charge in [0.05, 0.1) is 0 Å². The van der Waals surface area contributed by atoms with Crippen molar-refractivity contribution in [3.8, 4) is 0 Å². The van der Waals surface area contributed by atoms with Gasteiger partial charge in [-0.25, -0.2) is 0 Å². The molecule has 1 heteroatoms. The standard InChI is InChI=1S/C15H20S/c1-12(2)15-11-10-14(16-15)9-8-13-6-4-3-5-7-13/h3-7,14H,8-11H2,1-2H3. The summed E-state index contributed by atoms with van der Waals surface area (Å²) >= 11 is 2.12. The van der Waals surface area contributed by atoms with Crippen LogP contribution in [0.15, 0.2) is 40.8 Å². The van der Waals surface area contributed by atoms with Gasteiger partial charge in [-0.3, -0.25) is 0 Å². The smallest absolute Gasteiger partial charge is 0.00976 e. The summed E-state index contributed by atoms with van der Waals surface area (Å²) in [7, 11) is 0. The summed E-state index contributed by atoms with van der Waals surface area (Å²) in [5.41, 5.74) is 3.00. The molecule has 0 saturated carbocycles. The van der Waals surface area contributed by atoms with Crippen molar-refractivity contribution in [3.63, 3.8) is 0 Å². The minimum absolute atomic E-state index is 0.852. The predicted octanol–water partition coefficient (Wildman–Crippen LogP) is 4.81. The zero-order chi connectivity index (χ0) is 11.4. The van der Waals surface area contributed by atoms with Gasteiger partial charge in [0, 0.05) is 5.25 Å². The third-order valence-corrected chi connectivity index (χ3v) is 4.86. The lowest BCUT2D eigenvalue weighted by atomic mass is 10.1. The van der Waals surface area contributed by atoms with E-state index in [1.165, 1.54) is 36.8 Å². The molecule has 1 aromatic carbocycles. The first-order valence-corrected chi connectivity index (χ1v) is 7.00. The Morgan fingerprint density at radius 1 is 1.25 bits per heavy atom. The fourth-order valence-electron chi connectivity index (χ4n) is 2.15. The molecule has 0 amide bonds. The largest absolute Gasteiger partial charge is 0.127 e. The fraction of sp³-hybridized carbons (Fsp3) is 0.467. The van der Waals surface area contributed by atoms with Crippen LogP contribution in [0.4, 0.5) is 0 Å². The average Bonchev–Trinajstić information content (AvgIpc) is 2.76. The zero-order valence-corrected chi connectivity index (χ0v) is 11.0. The minimum atomic E-state index is 0.852. The van der Waals surface area contributed by atoms with E-state index in [1.807, 2.05) is 0 Å². The number of allylic oxidation sites excluding steroid dienone is 2. The van der Waals surface area contributed by atoms with Crippen molar-refractivity contribution in [2.75, 3.05) is 0 Å². The summed E-state index contributed by atoms with van der Waals surface area (Å²) in [6, 6.07) is 10.8. The summed E-state index contributed by atoms with van der Waals surface area (Å²) in [6.07, 6.45) is 5.24. The van der Waals surface area contributed by atoms with Gasteiger partial charge < -0.3 is 0 Å². The number of aryl methyl sites for hydroxylation is 1. The molecule has 1 atom stereocenters. The Labute approximate surface area is 103 Å². The Kier molecular flexibility index (Phi) is 4.11. The first-order valence-electron chi connectivity index (χ1n) is 6.12. The molecule has 0 aromatic heterocycles. The van der Waals surface area contributed by atoms with Gasteiger partial charge in [0.1, 0.15) is 0 Å². The molecule has 1 saturated heterocycles. The summed E-state index contributed by atoms with van der Waals surface area (Å²) in [5.74, 6) is 0. The highest BCUT2D eigenvalue weighted by Gasteiger charge is 2.20. The third kappa shape index (κ3) is 3.15. The SMILES string of the molecule is CC(C)=C1CCC(CCc2ccccc2)S1. The molecule has 0 radical (unpaired) electrons. The molecule has 16 heavy (non-hydrogen) atoms. The van der Waals surface area contributed by atoms with Crippen molar-refractivity contribution in [3.05, 3.63) is 46.4 Å². The molecule has 1 aromatic rings. The van der Waals surface area contributed by atoms with Crippen LogP contribution in [0.3, 0.4) is 0 Å². The maximum atomic E-state index is 2.24. The zero-order valence-electron chi connectivity index (χ0n) is 10.2. The number of thioether (sulfide) groups is 1. The highest BCUT2D eigenvalue weighted by atomic mass is 32.2. The van der Waals surface area contributed by atoms with Gasteiger partial charge in [-0.2, -0.15) is 0 Å². The first-order chi connectivity index (χ1) is 7.75. The van der Waals surface area contributed by atoms with E-state index in [4.69, 9.17) is 0 Å². The molecule has 2 rings (SSSR count). The first kappa shape index (κ1) is 11.8. The lowest BCUT2D eigenvalue weighted by Gasteiger charge is -2.08. The number of hydrogen-bond acceptors (Lipinski definition) is 1. The predicted molar refractivity (Wildman–Crippen MR) is 73.8 cm³/mol. The maximum Gasteiger partial charge on any atom is 0.00976 e. The molecule has 1 aliphatic heterocycles. The summed E-state index contributed by atoms with van der Waals surface area (Å²) < 4.78 is 0. The second kappa shape index (κ2) is 5.58. The summed E-state index contributed by atoms with van der Waals surface area (Å²) in [6.45, 7) is 4.48. The fourth-order valence-corrected chi connectivity index (χ4v) is 3.50. The Bertz CT molecular complexity index is 360. The van der Waals surface area contributed by atoms with Gasteiger partial charge in [-0.15, -0.1) is 11.8 Å². The van der Waals surface area contributed by atoms with Crippen molar-refractivity contribution in [2.24, 2.45) is 0 Å². The Morgan fingerprint density at radius 3 is 2.62 bits per heavy atom. The number of hydrogen-bond donors (Lipinski definition) is 0. The topological polar surface area (TPSA) is 0 Å². The second-order valence-corrected chi connectivity index (χ2v) is 6.12. The molecular formula is C15H20S. The van der Waals surface area contributed by atoms with Crippen LogP contribution in [0.5, 0.6) is 0 Å². The van der Waals surface area contributed by atoms with Gasteiger partial charge in [0.2, 0.25) is 0 Å². The number of benzene rings is 1. The van der Waals surface area contributed by atoms with E-state index in [0.717, 1.165) is 5.25 Å². The van der Waals surface area contributed by atoms with Crippen LogP contribution in [-0.2, 0) is 6.42 Å². The molecule has 0 aliphatic carbocycles. The van der Waals surface area contributed by atoms with Gasteiger partial charge >= 0.3 is 0 Å². The molecule has 0 bridgehead atoms. The lowest BCUT2D eigenvalue weighted by Crippen LogP contribution is -1.98. The Morgan fingerprint density at radius 2 is 2.00 bits per heavy atom. The van der Waals surface area contributed by atoms with Gasteiger partial charge in [-0.1, -0.05) is 35.9 Å². The summed E-state index contributed by atoms with van der Waals surface area (Å²) in [5, 5.41) is 0.852. The van der Waals surface area contributed by atoms with Crippen LogP contribution in [0.2, 0.25) is 0 Å². The molecule has 0 nitrogen and oxygen atoms in total. The molecule has 1 heterocycles. The number of rotatable bonds is 3. The quantitative estimate of drug-likeness (QED) is 0.720. The highest BCUT2D eigenvalue weighted by molar-refractivity contribution is 8.04. The molecule has 0 N–H and O–H groups in total. The minimum Gasteiger partial charge on any atom is -0.127 e. The van der Waals surface area contributed by atoms with Crippen LogP contribution >= 0.6 is 11.8 Å². The Hall–Kier alpha value is -0.690. The van der Waals surface area contributed by atoms with Crippen molar-refractivity contribution in [1.82, 2.24) is 0 Å². The third-order valence-electron chi connectivity index (χ3n) is 3.16. The van der Waals surface area contributed by atoms with Gasteiger partial charge in [0.15, 0.2) is 0 Å². The molecule has 1 unspecified atom stereocenters. The molecule has 0 spiro atoms. The van der Waals surface area contributed by atoms with E-state index in [1.54, 1.807) is 4.91 Å². The normalized spacial score (nSPS) is 20.1. The average molecular weight is 232 g/mol. The van der Waals surface area contributed by atoms with E-state index in [2.05, 4.69) is 55.9 Å². The van der Waals surface area contributed by atoms with E-state index < -0.39 is 0 Å². The highest BCUT2D eigenvalue weighted by Crippen LogP contribution is 2.40. The van der Waals surface area contributed by atoms with Crippen molar-refractivity contribution in [1.29, 1.82) is 0 Å². The van der Waals surface area contributed by atoms with E-state index in [-0.39, 0.29) is 0 Å². The molecule has 1 aliphatic rings. The summed E-state index contributed by atoms with van der Waals surface area (Å²) in [4.78, 5) is 1.64. The van der Waals surface area contributed by atoms with Crippen molar-refractivity contribution < 1.29 is 0 Å². The molecule has 1 fully saturated rings. The van der Waals surface area contributed by atoms with E-state index in [9.17, 15) is 0 Å². The lowest BCUT2D eigenvalue weighted by molar-refractivity contribution is 0.722. The van der Waals surface area contributed by atoms with Crippen molar-refractivity contribution in [2.45, 2.75) is 44.8 Å². The maximum absolute atomic E-state index is 2.24. The Balaban J connectivity index is 1.83. The molecule has 86 valence electrons. The van der Waals surface area contributed by atoms with Gasteiger partial charge in [-0.05, 0) is 50.0 Å².